The van der Waals surface area contributed by atoms with Crippen molar-refractivity contribution in [1.29, 1.82) is 0 Å². The van der Waals surface area contributed by atoms with E-state index in [1.165, 1.54) is 33.0 Å². The van der Waals surface area contributed by atoms with Crippen molar-refractivity contribution in [1.82, 2.24) is 4.90 Å². The molecule has 3 rings (SSSR count). The molecule has 2 aromatic carbocycles. The summed E-state index contributed by atoms with van der Waals surface area (Å²) in [5.41, 5.74) is 5.49. The van der Waals surface area contributed by atoms with Crippen LogP contribution < -0.4 is 24.8 Å². The Balaban J connectivity index is 0.00000144. The van der Waals surface area contributed by atoms with Gasteiger partial charge in [-0.2, -0.15) is 0 Å². The number of halogens is 2. The SMILES string of the molecule is CN(C)CC1=C(c2ccc3ccccc3c2C[O][Ti+2])CC=C1.[Cl-].[Cl-]. The van der Waals surface area contributed by atoms with Gasteiger partial charge in [-0.1, -0.05) is 0 Å². The van der Waals surface area contributed by atoms with Gasteiger partial charge in [0.05, 0.1) is 0 Å². The molecule has 1 aliphatic rings. The molecule has 0 aromatic heterocycles. The van der Waals surface area contributed by atoms with Crippen LogP contribution in [0.1, 0.15) is 17.5 Å². The van der Waals surface area contributed by atoms with Crippen molar-refractivity contribution in [2.24, 2.45) is 0 Å². The Morgan fingerprint density at radius 2 is 1.83 bits per heavy atom. The minimum absolute atomic E-state index is 0. The third-order valence-corrected chi connectivity index (χ3v) is 4.32. The molecule has 2 aromatic rings. The molecule has 2 nitrogen and oxygen atoms in total. The van der Waals surface area contributed by atoms with E-state index in [1.807, 2.05) is 0 Å². The second-order valence-corrected chi connectivity index (χ2v) is 6.40. The smallest absolute Gasteiger partial charge is 1.00 e. The Morgan fingerprint density at radius 3 is 2.54 bits per heavy atom. The van der Waals surface area contributed by atoms with Crippen LogP contribution >= 0.6 is 0 Å². The van der Waals surface area contributed by atoms with Crippen molar-refractivity contribution in [3.05, 3.63) is 65.3 Å². The fourth-order valence-electron chi connectivity index (χ4n) is 3.17. The molecule has 24 heavy (non-hydrogen) atoms. The first-order chi connectivity index (χ1) is 10.7. The fraction of sp³-hybridized carbons (Fsp3) is 0.263. The molecule has 5 heteroatoms. The third-order valence-electron chi connectivity index (χ3n) is 4.10. The number of allylic oxidation sites excluding steroid dienone is 2. The molecule has 0 atom stereocenters. The summed E-state index contributed by atoms with van der Waals surface area (Å²) in [6.45, 7) is 1.63. The molecule has 0 bridgehead atoms. The van der Waals surface area contributed by atoms with E-state index in [4.69, 9.17) is 3.32 Å². The summed E-state index contributed by atoms with van der Waals surface area (Å²) in [5.74, 6) is 0. The van der Waals surface area contributed by atoms with Crippen LogP contribution in [-0.2, 0) is 30.7 Å². The van der Waals surface area contributed by atoms with Crippen LogP contribution in [0.15, 0.2) is 54.1 Å². The molecule has 0 spiro atoms. The van der Waals surface area contributed by atoms with Gasteiger partial charge >= 0.3 is 144 Å². The summed E-state index contributed by atoms with van der Waals surface area (Å²) in [7, 11) is 4.24. The van der Waals surface area contributed by atoms with E-state index in [1.54, 1.807) is 20.8 Å². The summed E-state index contributed by atoms with van der Waals surface area (Å²) >= 11 is 1.77. The van der Waals surface area contributed by atoms with Crippen molar-refractivity contribution >= 4 is 16.3 Å². The molecule has 0 amide bonds. The summed E-state index contributed by atoms with van der Waals surface area (Å²) < 4.78 is 5.50. The van der Waals surface area contributed by atoms with Gasteiger partial charge in [0.25, 0.3) is 0 Å². The van der Waals surface area contributed by atoms with Gasteiger partial charge in [-0.15, -0.1) is 0 Å². The average Bonchev–Trinajstić information content (AvgIpc) is 2.95. The Labute approximate surface area is 168 Å². The van der Waals surface area contributed by atoms with Gasteiger partial charge in [-0.3, -0.25) is 0 Å². The van der Waals surface area contributed by atoms with Crippen LogP contribution in [0.3, 0.4) is 0 Å². The van der Waals surface area contributed by atoms with Crippen molar-refractivity contribution in [3.8, 4) is 0 Å². The van der Waals surface area contributed by atoms with Crippen molar-refractivity contribution < 1.29 is 49.0 Å². The van der Waals surface area contributed by atoms with E-state index < -0.39 is 0 Å². The van der Waals surface area contributed by atoms with E-state index in [9.17, 15) is 0 Å². The number of hydrogen-bond acceptors (Lipinski definition) is 2. The Morgan fingerprint density at radius 1 is 1.08 bits per heavy atom. The standard InChI is InChI=1S/C19H20NO.2ClH.Ti/c1-20(2)12-15-7-5-9-17(15)18-11-10-14-6-3-4-8-16(14)19(18)13-21;;;/h3-8,10-11H,9,12-13H2,1-2H3;2*1H;/q-1;;;+3/p-2. The molecule has 125 valence electrons. The zero-order valence-electron chi connectivity index (χ0n) is 13.9. The van der Waals surface area contributed by atoms with Gasteiger partial charge in [0, 0.05) is 0 Å². The van der Waals surface area contributed by atoms with Crippen molar-refractivity contribution in [3.63, 3.8) is 0 Å². The number of rotatable bonds is 5. The van der Waals surface area contributed by atoms with Gasteiger partial charge in [0.15, 0.2) is 0 Å². The van der Waals surface area contributed by atoms with Crippen LogP contribution in [0.5, 0.6) is 0 Å². The second kappa shape index (κ2) is 9.77. The molecule has 0 aliphatic heterocycles. The summed E-state index contributed by atoms with van der Waals surface area (Å²) in [5, 5.41) is 2.57. The quantitative estimate of drug-likeness (QED) is 0.547. The molecule has 0 saturated carbocycles. The molecule has 0 heterocycles. The average molecular weight is 397 g/mol. The van der Waals surface area contributed by atoms with Crippen LogP contribution in [-0.4, -0.2) is 25.5 Å². The minimum atomic E-state index is 0. The normalized spacial score (nSPS) is 13.4. The molecule has 1 aliphatic carbocycles. The van der Waals surface area contributed by atoms with E-state index in [2.05, 4.69) is 67.5 Å². The fourth-order valence-corrected chi connectivity index (χ4v) is 3.39. The van der Waals surface area contributed by atoms with Gasteiger partial charge in [-0.25, -0.2) is 0 Å². The molecular weight excluding hydrogens is 377 g/mol. The van der Waals surface area contributed by atoms with Crippen LogP contribution in [0.2, 0.25) is 0 Å². The Kier molecular flexibility index (Phi) is 8.72. The largest absolute Gasteiger partial charge is 1.00 e. The van der Waals surface area contributed by atoms with Gasteiger partial charge in [0.2, 0.25) is 0 Å². The summed E-state index contributed by atoms with van der Waals surface area (Å²) in [4.78, 5) is 2.22. The number of benzene rings is 2. The predicted octanol–water partition coefficient (Wildman–Crippen LogP) is -1.90. The van der Waals surface area contributed by atoms with Crippen LogP contribution in [0, 0.1) is 0 Å². The molecule has 0 radical (unpaired) electrons. The molecule has 0 fully saturated rings. The predicted molar refractivity (Wildman–Crippen MR) is 88.0 cm³/mol. The molecular formula is C19H20Cl2NOTi. The summed E-state index contributed by atoms with van der Waals surface area (Å²) in [6.07, 6.45) is 5.54. The van der Waals surface area contributed by atoms with Gasteiger partial charge in [-0.05, 0) is 0 Å². The maximum Gasteiger partial charge on any atom is -1.00 e. The number of nitrogens with zero attached hydrogens (tertiary/aromatic N) is 1. The number of likely N-dealkylation sites (N-methyl/N-ethyl adjacent to an activating group) is 1. The Bertz CT molecular complexity index is 756. The van der Waals surface area contributed by atoms with Crippen molar-refractivity contribution in [2.75, 3.05) is 20.6 Å². The maximum atomic E-state index is 5.50. The van der Waals surface area contributed by atoms with E-state index in [-0.39, 0.29) is 24.8 Å². The molecule has 0 N–H and O–H groups in total. The monoisotopic (exact) mass is 396 g/mol. The number of hydrogen-bond donors (Lipinski definition) is 0. The van der Waals surface area contributed by atoms with Crippen LogP contribution in [0.4, 0.5) is 0 Å². The van der Waals surface area contributed by atoms with E-state index >= 15 is 0 Å². The zero-order valence-corrected chi connectivity index (χ0v) is 16.9. The first kappa shape index (κ1) is 21.4. The zero-order chi connectivity index (χ0) is 15.5. The third kappa shape index (κ3) is 4.52. The number of fused-ring (bicyclic) bond motifs is 1. The van der Waals surface area contributed by atoms with Gasteiger partial charge in [0.1, 0.15) is 0 Å². The first-order valence-corrected chi connectivity index (χ1v) is 8.17. The Hall–Kier alpha value is -0.606. The van der Waals surface area contributed by atoms with Crippen molar-refractivity contribution in [2.45, 2.75) is 13.0 Å². The second-order valence-electron chi connectivity index (χ2n) is 5.95. The maximum absolute atomic E-state index is 5.50. The topological polar surface area (TPSA) is 12.5 Å². The van der Waals surface area contributed by atoms with Gasteiger partial charge < -0.3 is 24.8 Å². The first-order valence-electron chi connectivity index (χ1n) is 7.53. The molecule has 0 unspecified atom stereocenters. The molecule has 0 saturated heterocycles. The van der Waals surface area contributed by atoms with Crippen LogP contribution in [0.25, 0.3) is 16.3 Å². The summed E-state index contributed by atoms with van der Waals surface area (Å²) in [6, 6.07) is 13.0. The van der Waals surface area contributed by atoms with E-state index in [0.29, 0.717) is 6.61 Å². The minimum Gasteiger partial charge on any atom is -1.00 e. The van der Waals surface area contributed by atoms with E-state index in [0.717, 1.165) is 13.0 Å².